The maximum atomic E-state index is 11.9. The molecule has 0 radical (unpaired) electrons. The second kappa shape index (κ2) is 8.88. The average Bonchev–Trinajstić information content (AvgIpc) is 3.23. The largest absolute Gasteiger partial charge is 0.339 e. The molecule has 3 heterocycles. The topological polar surface area (TPSA) is 77.7 Å². The zero-order valence-electron chi connectivity index (χ0n) is 17.2. The van der Waals surface area contributed by atoms with E-state index in [1.807, 2.05) is 24.3 Å². The van der Waals surface area contributed by atoms with E-state index in [2.05, 4.69) is 69.0 Å². The van der Waals surface area contributed by atoms with Gasteiger partial charge in [-0.3, -0.25) is 14.7 Å². The van der Waals surface area contributed by atoms with Gasteiger partial charge in [-0.2, -0.15) is 0 Å². The lowest BCUT2D eigenvalue weighted by Gasteiger charge is -2.17. The number of nitrogens with one attached hydrogen (secondary N) is 2. The summed E-state index contributed by atoms with van der Waals surface area (Å²) in [5, 5.41) is 0.547. The Balaban J connectivity index is 1.52. The lowest BCUT2D eigenvalue weighted by Crippen LogP contribution is -2.21. The Bertz CT molecular complexity index is 1220. The monoisotopic (exact) mass is 399 g/mol. The second-order valence-electron chi connectivity index (χ2n) is 7.18. The van der Waals surface area contributed by atoms with Crippen molar-refractivity contribution >= 4 is 23.2 Å². The highest BCUT2D eigenvalue weighted by atomic mass is 16.1. The molecule has 0 amide bonds. The van der Waals surface area contributed by atoms with Gasteiger partial charge in [0.05, 0.1) is 17.4 Å². The molecule has 0 saturated carbocycles. The Kier molecular flexibility index (Phi) is 5.86. The predicted octanol–water partition coefficient (Wildman–Crippen LogP) is 4.33. The van der Waals surface area contributed by atoms with Crippen LogP contribution >= 0.6 is 0 Å². The number of pyridine rings is 1. The quantitative estimate of drug-likeness (QED) is 0.485. The van der Waals surface area contributed by atoms with Crippen molar-refractivity contribution in [3.05, 3.63) is 82.2 Å². The van der Waals surface area contributed by atoms with Gasteiger partial charge in [-0.05, 0) is 48.5 Å². The lowest BCUT2D eigenvalue weighted by molar-refractivity contribution is 0.296. The fourth-order valence-electron chi connectivity index (χ4n) is 3.44. The predicted molar refractivity (Wildman–Crippen MR) is 122 cm³/mol. The number of rotatable bonds is 7. The zero-order chi connectivity index (χ0) is 20.9. The van der Waals surface area contributed by atoms with Crippen LogP contribution in [0.3, 0.4) is 0 Å². The van der Waals surface area contributed by atoms with Crippen LogP contribution in [0.5, 0.6) is 0 Å². The van der Waals surface area contributed by atoms with E-state index in [1.165, 1.54) is 11.9 Å². The van der Waals surface area contributed by atoms with Crippen LogP contribution in [0.15, 0.2) is 59.8 Å². The molecule has 0 aliphatic heterocycles. The van der Waals surface area contributed by atoms with Crippen molar-refractivity contribution in [1.82, 2.24) is 24.8 Å². The highest BCUT2D eigenvalue weighted by molar-refractivity contribution is 5.82. The van der Waals surface area contributed by atoms with Crippen molar-refractivity contribution < 1.29 is 0 Å². The Morgan fingerprint density at radius 3 is 2.53 bits per heavy atom. The molecular weight excluding hydrogens is 374 g/mol. The molecule has 1 aromatic carbocycles. The standard InChI is InChI=1S/C24H25N5O/c1-3-29(4-2)15-18-7-5-17(6-8-18)9-10-20-13-19(11-12-25-20)22-14-21-23(28-22)26-16-27-24(21)30/h5-14,16H,3-4,15H2,1-2H3,(H2,26,27,28,30)/b10-9+. The number of hydrogen-bond donors (Lipinski definition) is 2. The number of nitrogens with zero attached hydrogens (tertiary/aromatic N) is 3. The summed E-state index contributed by atoms with van der Waals surface area (Å²) >= 11 is 0. The highest BCUT2D eigenvalue weighted by Crippen LogP contribution is 2.22. The van der Waals surface area contributed by atoms with Crippen molar-refractivity contribution in [2.45, 2.75) is 20.4 Å². The molecule has 0 saturated heterocycles. The first-order chi connectivity index (χ1) is 14.7. The molecule has 0 atom stereocenters. The van der Waals surface area contributed by atoms with Crippen LogP contribution in [0, 0.1) is 0 Å². The Morgan fingerprint density at radius 2 is 1.80 bits per heavy atom. The summed E-state index contributed by atoms with van der Waals surface area (Å²) in [4.78, 5) is 28.7. The normalized spacial score (nSPS) is 11.7. The molecule has 0 bridgehead atoms. The van der Waals surface area contributed by atoms with Crippen LogP contribution in [-0.4, -0.2) is 37.9 Å². The van der Waals surface area contributed by atoms with Crippen LogP contribution in [0.2, 0.25) is 0 Å². The molecule has 0 aliphatic rings. The van der Waals surface area contributed by atoms with Gasteiger partial charge in [-0.15, -0.1) is 0 Å². The molecule has 0 spiro atoms. The van der Waals surface area contributed by atoms with Crippen molar-refractivity contribution in [1.29, 1.82) is 0 Å². The first kappa shape index (κ1) is 19.8. The van der Waals surface area contributed by atoms with Gasteiger partial charge < -0.3 is 9.97 Å². The Morgan fingerprint density at radius 1 is 1.00 bits per heavy atom. The molecule has 152 valence electrons. The van der Waals surface area contributed by atoms with Gasteiger partial charge in [-0.1, -0.05) is 44.2 Å². The summed E-state index contributed by atoms with van der Waals surface area (Å²) < 4.78 is 0. The number of benzene rings is 1. The zero-order valence-corrected chi connectivity index (χ0v) is 17.2. The summed E-state index contributed by atoms with van der Waals surface area (Å²) in [5.41, 5.74) is 5.52. The summed E-state index contributed by atoms with van der Waals surface area (Å²) in [6, 6.07) is 14.3. The van der Waals surface area contributed by atoms with E-state index >= 15 is 0 Å². The third kappa shape index (κ3) is 4.39. The lowest BCUT2D eigenvalue weighted by atomic mass is 10.1. The number of aromatic nitrogens is 4. The van der Waals surface area contributed by atoms with Gasteiger partial charge in [0.25, 0.3) is 5.56 Å². The Hall–Kier alpha value is -3.51. The minimum atomic E-state index is -0.152. The highest BCUT2D eigenvalue weighted by Gasteiger charge is 2.07. The molecule has 0 unspecified atom stereocenters. The van der Waals surface area contributed by atoms with Gasteiger partial charge in [0.15, 0.2) is 0 Å². The second-order valence-corrected chi connectivity index (χ2v) is 7.18. The molecule has 4 aromatic rings. The smallest absolute Gasteiger partial charge is 0.260 e. The summed E-state index contributed by atoms with van der Waals surface area (Å²) in [6.07, 6.45) is 7.23. The summed E-state index contributed by atoms with van der Waals surface area (Å²) in [7, 11) is 0. The van der Waals surface area contributed by atoms with Crippen molar-refractivity contribution in [2.75, 3.05) is 13.1 Å². The average molecular weight is 399 g/mol. The van der Waals surface area contributed by atoms with E-state index in [0.29, 0.717) is 11.0 Å². The van der Waals surface area contributed by atoms with Crippen LogP contribution in [0.1, 0.15) is 30.7 Å². The van der Waals surface area contributed by atoms with Crippen molar-refractivity contribution in [3.63, 3.8) is 0 Å². The van der Waals surface area contributed by atoms with E-state index in [1.54, 1.807) is 6.20 Å². The van der Waals surface area contributed by atoms with Crippen molar-refractivity contribution in [2.24, 2.45) is 0 Å². The van der Waals surface area contributed by atoms with Gasteiger partial charge in [0, 0.05) is 24.0 Å². The number of hydrogen-bond acceptors (Lipinski definition) is 4. The van der Waals surface area contributed by atoms with Gasteiger partial charge in [-0.25, -0.2) is 4.98 Å². The van der Waals surface area contributed by atoms with Gasteiger partial charge in [0.2, 0.25) is 0 Å². The third-order valence-corrected chi connectivity index (χ3v) is 5.25. The summed E-state index contributed by atoms with van der Waals surface area (Å²) in [5.74, 6) is 0. The molecule has 4 rings (SSSR count). The van der Waals surface area contributed by atoms with Gasteiger partial charge >= 0.3 is 0 Å². The van der Waals surface area contributed by atoms with E-state index in [9.17, 15) is 4.79 Å². The van der Waals surface area contributed by atoms with E-state index in [-0.39, 0.29) is 5.56 Å². The van der Waals surface area contributed by atoms with Gasteiger partial charge in [0.1, 0.15) is 5.65 Å². The van der Waals surface area contributed by atoms with Crippen LogP contribution in [0.25, 0.3) is 34.4 Å². The van der Waals surface area contributed by atoms with Crippen molar-refractivity contribution in [3.8, 4) is 11.3 Å². The van der Waals surface area contributed by atoms with E-state index < -0.39 is 0 Å². The molecule has 6 heteroatoms. The van der Waals surface area contributed by atoms with E-state index in [0.717, 1.165) is 42.1 Å². The SMILES string of the molecule is CCN(CC)Cc1ccc(/C=C/c2cc(-c3cc4c(=O)[nH]cnc4[nH]3)ccn2)cc1. The van der Waals surface area contributed by atoms with Crippen LogP contribution < -0.4 is 5.56 Å². The first-order valence-corrected chi connectivity index (χ1v) is 10.2. The molecule has 0 aliphatic carbocycles. The molecule has 2 N–H and O–H groups in total. The Labute approximate surface area is 175 Å². The minimum absolute atomic E-state index is 0.152. The van der Waals surface area contributed by atoms with E-state index in [4.69, 9.17) is 0 Å². The molecule has 30 heavy (non-hydrogen) atoms. The maximum absolute atomic E-state index is 11.9. The molecule has 3 aromatic heterocycles. The first-order valence-electron chi connectivity index (χ1n) is 10.2. The summed E-state index contributed by atoms with van der Waals surface area (Å²) in [6.45, 7) is 7.46. The number of fused-ring (bicyclic) bond motifs is 1. The minimum Gasteiger partial charge on any atom is -0.339 e. The number of aromatic amines is 2. The number of H-pyrrole nitrogens is 2. The fourth-order valence-corrected chi connectivity index (χ4v) is 3.44. The molecule has 0 fully saturated rings. The van der Waals surface area contributed by atoms with Crippen LogP contribution in [-0.2, 0) is 6.54 Å². The third-order valence-electron chi connectivity index (χ3n) is 5.25. The van der Waals surface area contributed by atoms with Crippen LogP contribution in [0.4, 0.5) is 0 Å². The fraction of sp³-hybridized carbons (Fsp3) is 0.208. The molecule has 6 nitrogen and oxygen atoms in total. The molecular formula is C24H25N5O. The maximum Gasteiger partial charge on any atom is 0.260 e.